The van der Waals surface area contributed by atoms with E-state index in [9.17, 15) is 0 Å². The maximum Gasteiger partial charge on any atom is 0.143 e. The number of para-hydroxylation sites is 5. The lowest BCUT2D eigenvalue weighted by atomic mass is 9.97. The van der Waals surface area contributed by atoms with E-state index in [1.807, 2.05) is 36.4 Å². The third-order valence-corrected chi connectivity index (χ3v) is 10.4. The fourth-order valence-electron chi connectivity index (χ4n) is 8.12. The number of benzene rings is 7. The first-order valence-corrected chi connectivity index (χ1v) is 17.4. The third kappa shape index (κ3) is 4.41. The first kappa shape index (κ1) is 28.6. The Morgan fingerprint density at radius 2 is 0.843 bits per heavy atom. The van der Waals surface area contributed by atoms with Crippen LogP contribution >= 0.6 is 0 Å². The lowest BCUT2D eigenvalue weighted by molar-refractivity contribution is 0.203. The summed E-state index contributed by atoms with van der Waals surface area (Å²) in [5.74, 6) is 0. The highest BCUT2D eigenvalue weighted by Gasteiger charge is 2.33. The predicted molar refractivity (Wildman–Crippen MR) is 204 cm³/mol. The van der Waals surface area contributed by atoms with E-state index in [2.05, 4.69) is 131 Å². The molecule has 0 radical (unpaired) electrons. The second-order valence-corrected chi connectivity index (χ2v) is 13.3. The van der Waals surface area contributed by atoms with E-state index in [-0.39, 0.29) is 18.5 Å². The molecule has 7 aromatic carbocycles. The van der Waals surface area contributed by atoms with E-state index >= 15 is 0 Å². The Bertz CT molecular complexity index is 2940. The van der Waals surface area contributed by atoms with Crippen molar-refractivity contribution in [2.45, 2.75) is 18.5 Å². The molecule has 3 N–H and O–H groups in total. The number of furan rings is 3. The number of nitrogens with one attached hydrogen (secondary N) is 3. The normalized spacial score (nSPS) is 18.2. The highest BCUT2D eigenvalue weighted by atomic mass is 16.3. The van der Waals surface area contributed by atoms with Crippen LogP contribution < -0.4 is 16.0 Å². The van der Waals surface area contributed by atoms with Crippen LogP contribution in [0.1, 0.15) is 35.2 Å². The molecule has 0 bridgehead atoms. The minimum absolute atomic E-state index is 0.149. The average molecular weight is 662 g/mol. The van der Waals surface area contributed by atoms with Crippen molar-refractivity contribution in [3.8, 4) is 11.1 Å². The largest absolute Gasteiger partial charge is 0.456 e. The molecule has 1 fully saturated rings. The zero-order chi connectivity index (χ0) is 33.5. The predicted octanol–water partition coefficient (Wildman–Crippen LogP) is 11.2. The van der Waals surface area contributed by atoms with Crippen molar-refractivity contribution in [1.82, 2.24) is 16.0 Å². The Labute approximate surface area is 292 Å². The number of rotatable bonds is 4. The molecule has 3 unspecified atom stereocenters. The van der Waals surface area contributed by atoms with Gasteiger partial charge in [-0.05, 0) is 29.3 Å². The van der Waals surface area contributed by atoms with E-state index in [0.717, 1.165) is 93.6 Å². The summed E-state index contributed by atoms with van der Waals surface area (Å²) in [6, 6.07) is 52.5. The topological polar surface area (TPSA) is 75.5 Å². The van der Waals surface area contributed by atoms with E-state index in [1.165, 1.54) is 0 Å². The van der Waals surface area contributed by atoms with Crippen LogP contribution in [0.15, 0.2) is 165 Å². The molecule has 4 heterocycles. The van der Waals surface area contributed by atoms with Gasteiger partial charge >= 0.3 is 0 Å². The smallest absolute Gasteiger partial charge is 0.143 e. The van der Waals surface area contributed by atoms with Gasteiger partial charge in [0.05, 0.1) is 18.5 Å². The summed E-state index contributed by atoms with van der Waals surface area (Å²) in [5, 5.41) is 18.1. The van der Waals surface area contributed by atoms with Gasteiger partial charge in [0, 0.05) is 49.0 Å². The Kier molecular flexibility index (Phi) is 6.27. The molecular formula is C45H31N3O3. The van der Waals surface area contributed by atoms with Crippen molar-refractivity contribution in [3.05, 3.63) is 168 Å². The van der Waals surface area contributed by atoms with Gasteiger partial charge in [-0.25, -0.2) is 0 Å². The van der Waals surface area contributed by atoms with Gasteiger partial charge in [0.15, 0.2) is 0 Å². The lowest BCUT2D eigenvalue weighted by Crippen LogP contribution is -2.54. The van der Waals surface area contributed by atoms with Gasteiger partial charge < -0.3 is 13.3 Å². The minimum atomic E-state index is -0.255. The van der Waals surface area contributed by atoms with Gasteiger partial charge in [-0.1, -0.05) is 133 Å². The molecule has 6 nitrogen and oxygen atoms in total. The molecule has 1 saturated heterocycles. The van der Waals surface area contributed by atoms with Crippen LogP contribution in [0.2, 0.25) is 0 Å². The maximum absolute atomic E-state index is 7.00. The van der Waals surface area contributed by atoms with Crippen LogP contribution in [0.4, 0.5) is 0 Å². The summed E-state index contributed by atoms with van der Waals surface area (Å²) in [5.41, 5.74) is 10.6. The van der Waals surface area contributed by atoms with Crippen LogP contribution in [-0.2, 0) is 0 Å². The van der Waals surface area contributed by atoms with Crippen molar-refractivity contribution < 1.29 is 13.3 Å². The molecule has 51 heavy (non-hydrogen) atoms. The Morgan fingerprint density at radius 1 is 0.333 bits per heavy atom. The SMILES string of the molecule is c1ccc(C2NC(c3cccc4c3oc3ccccc34)NC(c3cccc4c3oc3c(-c5cccc6oc7ccccc7c56)cccc34)N2)cc1. The van der Waals surface area contributed by atoms with Gasteiger partial charge in [-0.15, -0.1) is 0 Å². The van der Waals surface area contributed by atoms with Crippen LogP contribution in [0.25, 0.3) is 76.9 Å². The second kappa shape index (κ2) is 11.2. The highest BCUT2D eigenvalue weighted by molar-refractivity contribution is 6.17. The summed E-state index contributed by atoms with van der Waals surface area (Å²) in [6.45, 7) is 0. The summed E-state index contributed by atoms with van der Waals surface area (Å²) in [4.78, 5) is 0. The van der Waals surface area contributed by atoms with Gasteiger partial charge in [0.1, 0.15) is 33.5 Å². The van der Waals surface area contributed by atoms with E-state index in [0.29, 0.717) is 0 Å². The molecular weight excluding hydrogens is 631 g/mol. The second-order valence-electron chi connectivity index (χ2n) is 13.3. The summed E-state index contributed by atoms with van der Waals surface area (Å²) in [6.07, 6.45) is -0.632. The standard InChI is InChI=1S/C45H31N3O3/c1-2-12-26(13-3-1)43-46-44(34-21-9-17-29-27-14-4-6-23-36(27)50-41(29)34)48-45(47-43)35-22-10-20-32-31-19-8-18-30(40(31)51-42(32)35)28-16-11-25-38-39(28)33-15-5-7-24-37(33)49-38/h1-25,43-48H. The van der Waals surface area contributed by atoms with Crippen LogP contribution in [-0.4, -0.2) is 0 Å². The van der Waals surface area contributed by atoms with E-state index < -0.39 is 0 Å². The molecule has 244 valence electrons. The maximum atomic E-state index is 7.00. The lowest BCUT2D eigenvalue weighted by Gasteiger charge is -2.39. The van der Waals surface area contributed by atoms with Crippen molar-refractivity contribution in [2.75, 3.05) is 0 Å². The molecule has 0 amide bonds. The molecule has 6 heteroatoms. The monoisotopic (exact) mass is 661 g/mol. The summed E-state index contributed by atoms with van der Waals surface area (Å²) >= 11 is 0. The van der Waals surface area contributed by atoms with Crippen molar-refractivity contribution in [2.24, 2.45) is 0 Å². The van der Waals surface area contributed by atoms with Gasteiger partial charge in [0.25, 0.3) is 0 Å². The molecule has 0 spiro atoms. The average Bonchev–Trinajstić information content (AvgIpc) is 3.89. The van der Waals surface area contributed by atoms with Crippen LogP contribution in [0, 0.1) is 0 Å². The van der Waals surface area contributed by atoms with Gasteiger partial charge in [-0.3, -0.25) is 16.0 Å². The molecule has 1 aliphatic rings. The quantitative estimate of drug-likeness (QED) is 0.174. The zero-order valence-electron chi connectivity index (χ0n) is 27.4. The molecule has 3 aromatic heterocycles. The molecule has 1 aliphatic heterocycles. The van der Waals surface area contributed by atoms with Crippen molar-refractivity contribution in [3.63, 3.8) is 0 Å². The first-order chi connectivity index (χ1) is 25.3. The highest BCUT2D eigenvalue weighted by Crippen LogP contribution is 2.43. The molecule has 11 rings (SSSR count). The van der Waals surface area contributed by atoms with E-state index in [4.69, 9.17) is 13.3 Å². The Balaban J connectivity index is 1.08. The van der Waals surface area contributed by atoms with Crippen LogP contribution in [0.3, 0.4) is 0 Å². The third-order valence-electron chi connectivity index (χ3n) is 10.4. The number of hydrogen-bond donors (Lipinski definition) is 3. The van der Waals surface area contributed by atoms with Crippen LogP contribution in [0.5, 0.6) is 0 Å². The first-order valence-electron chi connectivity index (χ1n) is 17.4. The van der Waals surface area contributed by atoms with Crippen molar-refractivity contribution >= 4 is 65.8 Å². The summed E-state index contributed by atoms with van der Waals surface area (Å²) in [7, 11) is 0. The van der Waals surface area contributed by atoms with Gasteiger partial charge in [0.2, 0.25) is 0 Å². The van der Waals surface area contributed by atoms with E-state index in [1.54, 1.807) is 0 Å². The van der Waals surface area contributed by atoms with Gasteiger partial charge in [-0.2, -0.15) is 0 Å². The summed E-state index contributed by atoms with van der Waals surface area (Å²) < 4.78 is 19.8. The fourth-order valence-corrected chi connectivity index (χ4v) is 8.12. The minimum Gasteiger partial charge on any atom is -0.456 e. The Morgan fingerprint density at radius 3 is 1.61 bits per heavy atom. The molecule has 0 aliphatic carbocycles. The number of hydrogen-bond acceptors (Lipinski definition) is 6. The van der Waals surface area contributed by atoms with Crippen molar-refractivity contribution in [1.29, 1.82) is 0 Å². The Hall–Kier alpha value is -6.18. The molecule has 3 atom stereocenters. The number of fused-ring (bicyclic) bond motifs is 9. The zero-order valence-corrected chi connectivity index (χ0v) is 27.4. The molecule has 10 aromatic rings. The molecule has 0 saturated carbocycles. The fraction of sp³-hybridized carbons (Fsp3) is 0.0667.